The Hall–Kier alpha value is -2.55. The third kappa shape index (κ3) is 8.98. The van der Waals surface area contributed by atoms with Gasteiger partial charge in [0.25, 0.3) is 0 Å². The molecule has 0 saturated carbocycles. The number of anilines is 2. The molecule has 39 heavy (non-hydrogen) atoms. The Balaban J connectivity index is 0.000000247. The average molecular weight is 567 g/mol. The molecule has 8 heteroatoms. The number of aliphatic carboxylic acids is 1. The van der Waals surface area contributed by atoms with Crippen LogP contribution in [0.15, 0.2) is 82.6 Å². The average Bonchev–Trinajstić information content (AvgIpc) is 2.95. The van der Waals surface area contributed by atoms with Crippen LogP contribution in [0.4, 0.5) is 11.4 Å². The first kappa shape index (κ1) is 29.4. The molecule has 6 nitrogen and oxygen atoms in total. The van der Waals surface area contributed by atoms with Crippen molar-refractivity contribution in [3.8, 4) is 0 Å². The molecule has 5 rings (SSSR count). The van der Waals surface area contributed by atoms with Crippen LogP contribution in [-0.4, -0.2) is 73.3 Å². The highest BCUT2D eigenvalue weighted by Gasteiger charge is 2.23. The van der Waals surface area contributed by atoms with Gasteiger partial charge >= 0.3 is 0 Å². The van der Waals surface area contributed by atoms with E-state index in [4.69, 9.17) is 16.7 Å². The summed E-state index contributed by atoms with van der Waals surface area (Å²) in [7, 11) is 0. The fourth-order valence-corrected chi connectivity index (χ4v) is 6.20. The lowest BCUT2D eigenvalue weighted by Crippen LogP contribution is -2.47. The normalized spacial score (nSPS) is 15.2. The first-order valence-corrected chi connectivity index (χ1v) is 14.9. The smallest absolute Gasteiger partial charge is 0.0567 e. The van der Waals surface area contributed by atoms with E-state index in [0.29, 0.717) is 6.42 Å². The third-order valence-corrected chi connectivity index (χ3v) is 8.38. The van der Waals surface area contributed by atoms with Crippen molar-refractivity contribution in [1.82, 2.24) is 9.80 Å². The molecule has 2 aliphatic rings. The Morgan fingerprint density at radius 3 is 2.21 bits per heavy atom. The van der Waals surface area contributed by atoms with Crippen LogP contribution in [0.2, 0.25) is 5.02 Å². The zero-order chi connectivity index (χ0) is 27.5. The molecule has 0 aliphatic carbocycles. The van der Waals surface area contributed by atoms with Crippen LogP contribution < -0.4 is 10.0 Å². The largest absolute Gasteiger partial charge is 0.550 e. The summed E-state index contributed by atoms with van der Waals surface area (Å²) in [5.74, 6) is -0.967. The van der Waals surface area contributed by atoms with Crippen LogP contribution in [-0.2, 0) is 11.2 Å². The van der Waals surface area contributed by atoms with Gasteiger partial charge in [-0.2, -0.15) is 0 Å². The van der Waals surface area contributed by atoms with E-state index >= 15 is 0 Å². The quantitative estimate of drug-likeness (QED) is 0.381. The number of fused-ring (bicyclic) bond motifs is 2. The number of aliphatic hydroxyl groups excluding tert-OH is 1. The van der Waals surface area contributed by atoms with E-state index in [0.717, 1.165) is 63.7 Å². The number of benzene rings is 3. The zero-order valence-electron chi connectivity index (χ0n) is 22.3. The number of nitrogens with zero attached hydrogens (tertiary/aromatic N) is 3. The molecule has 0 aromatic heterocycles. The van der Waals surface area contributed by atoms with Crippen molar-refractivity contribution in [2.45, 2.75) is 35.5 Å². The predicted octanol–water partition coefficient (Wildman–Crippen LogP) is 4.70. The van der Waals surface area contributed by atoms with Crippen LogP contribution in [0.3, 0.4) is 0 Å². The maximum Gasteiger partial charge on any atom is 0.0567 e. The Morgan fingerprint density at radius 2 is 1.49 bits per heavy atom. The molecule has 1 saturated heterocycles. The minimum absolute atomic E-state index is 0.148. The van der Waals surface area contributed by atoms with Crippen molar-refractivity contribution in [1.29, 1.82) is 0 Å². The van der Waals surface area contributed by atoms with E-state index in [-0.39, 0.29) is 13.0 Å². The first-order chi connectivity index (χ1) is 19.0. The summed E-state index contributed by atoms with van der Waals surface area (Å²) < 4.78 is 0. The SMILES string of the molecule is O=C([O-])CCCc1ccccc1.OCCN1CCN(CCCN2c3ccccc3Sc3ccc(Cl)cc32)CC1. The van der Waals surface area contributed by atoms with E-state index < -0.39 is 5.97 Å². The molecule has 208 valence electrons. The highest BCUT2D eigenvalue weighted by atomic mass is 35.5. The summed E-state index contributed by atoms with van der Waals surface area (Å²) in [6.45, 7) is 7.45. The molecule has 0 radical (unpaired) electrons. The number of para-hydroxylation sites is 1. The Morgan fingerprint density at radius 1 is 0.821 bits per heavy atom. The molecule has 1 N–H and O–H groups in total. The number of carbonyl (C=O) groups is 1. The van der Waals surface area contributed by atoms with E-state index in [1.165, 1.54) is 26.7 Å². The minimum atomic E-state index is -0.967. The van der Waals surface area contributed by atoms with E-state index in [1.54, 1.807) is 0 Å². The van der Waals surface area contributed by atoms with Crippen molar-refractivity contribution in [3.63, 3.8) is 0 Å². The number of piperazine rings is 1. The lowest BCUT2D eigenvalue weighted by molar-refractivity contribution is -0.305. The number of hydrogen-bond donors (Lipinski definition) is 1. The number of halogens is 1. The number of carboxylic acids is 1. The Kier molecular flexibility index (Phi) is 11.5. The van der Waals surface area contributed by atoms with Crippen molar-refractivity contribution < 1.29 is 15.0 Å². The van der Waals surface area contributed by atoms with Crippen molar-refractivity contribution >= 4 is 40.7 Å². The molecule has 2 heterocycles. The number of aryl methyl sites for hydroxylation is 1. The van der Waals surface area contributed by atoms with Crippen molar-refractivity contribution in [2.24, 2.45) is 0 Å². The predicted molar refractivity (Wildman–Crippen MR) is 158 cm³/mol. The molecule has 0 amide bonds. The highest BCUT2D eigenvalue weighted by Crippen LogP contribution is 2.48. The maximum absolute atomic E-state index is 10.1. The van der Waals surface area contributed by atoms with E-state index in [2.05, 4.69) is 51.1 Å². The summed E-state index contributed by atoms with van der Waals surface area (Å²) in [6, 6.07) is 24.7. The summed E-state index contributed by atoms with van der Waals surface area (Å²) in [4.78, 5) is 20.0. The standard InChI is InChI=1S/C21H26ClN3OS.C10H12O2/c22-17-6-7-21-19(16-17)25(18-4-1-2-5-20(18)27-21)9-3-8-23-10-12-24(13-11-23)14-15-26;11-10(12)8-4-7-9-5-2-1-3-6-9/h1-2,4-7,16,26H,3,8-15H2;1-3,5-6H,4,7-8H2,(H,11,12)/p-1. The second-order valence-electron chi connectivity index (χ2n) is 9.81. The minimum Gasteiger partial charge on any atom is -0.550 e. The number of carbonyl (C=O) groups excluding carboxylic acids is 1. The molecule has 0 unspecified atom stereocenters. The van der Waals surface area contributed by atoms with Crippen LogP contribution in [0, 0.1) is 0 Å². The second kappa shape index (κ2) is 15.3. The number of aliphatic hydroxyl groups is 1. The van der Waals surface area contributed by atoms with Gasteiger partial charge in [0, 0.05) is 60.1 Å². The Bertz CT molecular complexity index is 1190. The lowest BCUT2D eigenvalue weighted by Gasteiger charge is -2.36. The van der Waals surface area contributed by atoms with E-state index in [1.807, 2.05) is 48.2 Å². The van der Waals surface area contributed by atoms with Gasteiger partial charge < -0.3 is 24.8 Å². The highest BCUT2D eigenvalue weighted by molar-refractivity contribution is 7.99. The molecule has 0 bridgehead atoms. The lowest BCUT2D eigenvalue weighted by atomic mass is 10.1. The molecular formula is C31H37ClN3O3S-. The molecule has 0 atom stereocenters. The number of carboxylic acid groups (broad SMARTS) is 1. The summed E-state index contributed by atoms with van der Waals surface area (Å²) in [6.07, 6.45) is 2.74. The van der Waals surface area contributed by atoms with Gasteiger partial charge in [-0.1, -0.05) is 65.8 Å². The van der Waals surface area contributed by atoms with Crippen LogP contribution in [0.5, 0.6) is 0 Å². The van der Waals surface area contributed by atoms with Crippen LogP contribution in [0.25, 0.3) is 0 Å². The van der Waals surface area contributed by atoms with Gasteiger partial charge in [-0.05, 0) is 68.1 Å². The van der Waals surface area contributed by atoms with Crippen molar-refractivity contribution in [2.75, 3.05) is 57.3 Å². The summed E-state index contributed by atoms with van der Waals surface area (Å²) >= 11 is 8.12. The van der Waals surface area contributed by atoms with Crippen molar-refractivity contribution in [3.05, 3.63) is 83.4 Å². The Labute approximate surface area is 241 Å². The molecule has 1 fully saturated rings. The maximum atomic E-state index is 10.1. The van der Waals surface area contributed by atoms with E-state index in [9.17, 15) is 9.90 Å². The number of rotatable bonds is 10. The first-order valence-electron chi connectivity index (χ1n) is 13.7. The summed E-state index contributed by atoms with van der Waals surface area (Å²) in [5, 5.41) is 19.9. The third-order valence-electron chi connectivity index (χ3n) is 7.01. The molecule has 3 aromatic carbocycles. The second-order valence-corrected chi connectivity index (χ2v) is 11.3. The fraction of sp³-hybridized carbons (Fsp3) is 0.387. The van der Waals surface area contributed by atoms with Gasteiger partial charge in [0.05, 0.1) is 18.0 Å². The summed E-state index contributed by atoms with van der Waals surface area (Å²) in [5.41, 5.74) is 3.68. The van der Waals surface area contributed by atoms with Gasteiger partial charge in [-0.25, -0.2) is 0 Å². The van der Waals surface area contributed by atoms with Crippen LogP contribution in [0.1, 0.15) is 24.8 Å². The van der Waals surface area contributed by atoms with Gasteiger partial charge in [0.15, 0.2) is 0 Å². The van der Waals surface area contributed by atoms with Gasteiger partial charge in [-0.15, -0.1) is 0 Å². The van der Waals surface area contributed by atoms with Crippen LogP contribution >= 0.6 is 23.4 Å². The fourth-order valence-electron chi connectivity index (χ4n) is 4.96. The molecule has 2 aliphatic heterocycles. The molecule has 3 aromatic rings. The zero-order valence-corrected chi connectivity index (χ0v) is 23.9. The monoisotopic (exact) mass is 566 g/mol. The van der Waals surface area contributed by atoms with Gasteiger partial charge in [0.2, 0.25) is 0 Å². The number of hydrogen-bond acceptors (Lipinski definition) is 7. The topological polar surface area (TPSA) is 70.1 Å². The molecule has 0 spiro atoms. The van der Waals surface area contributed by atoms with Gasteiger partial charge in [0.1, 0.15) is 0 Å². The molecular weight excluding hydrogens is 530 g/mol. The van der Waals surface area contributed by atoms with Gasteiger partial charge in [-0.3, -0.25) is 4.90 Å². The number of β-amino-alcohol motifs (C(OH)–C–C–N with tert-alkyl or cyclic N) is 1.